The summed E-state index contributed by atoms with van der Waals surface area (Å²) in [6.45, 7) is -0.0875. The standard InChI is InChI=1S/C27H40BrN9O7/c28-16-8-6-15(7-9-16)12-19-25(43)36-18(4-1-2-10-29)24(42)35-17(5-3-11-32-27(30)31)23(41)33-14-21(38)34-20(13-22(39)40)26(44)37-19/h6-9,17-20H,1-5,10-14,29H2,(H,33,41)(H,34,38)(H,35,42)(H,36,43)(H,37,44)(H,39,40)(H4,30,31,32)/t17-,18-,19+,20-/m0/s1. The predicted octanol–water partition coefficient (Wildman–Crippen LogP) is -2.28. The Morgan fingerprint density at radius 3 is 2.00 bits per heavy atom. The summed E-state index contributed by atoms with van der Waals surface area (Å²) in [5.74, 6) is -5.40. The number of hydrogen-bond donors (Lipinski definition) is 9. The van der Waals surface area contributed by atoms with Crippen molar-refractivity contribution in [2.45, 2.75) is 69.1 Å². The molecule has 44 heavy (non-hydrogen) atoms. The van der Waals surface area contributed by atoms with Crippen molar-refractivity contribution in [1.82, 2.24) is 26.6 Å². The number of aliphatic carboxylic acids is 1. The molecule has 1 aromatic carbocycles. The fraction of sp³-hybridized carbons (Fsp3) is 0.519. The van der Waals surface area contributed by atoms with E-state index in [9.17, 15) is 33.9 Å². The van der Waals surface area contributed by atoms with Crippen LogP contribution >= 0.6 is 15.9 Å². The van der Waals surface area contributed by atoms with Crippen molar-refractivity contribution in [2.24, 2.45) is 22.2 Å². The first-order valence-electron chi connectivity index (χ1n) is 14.1. The topological polar surface area (TPSA) is 273 Å². The molecule has 1 aliphatic rings. The molecule has 0 unspecified atom stereocenters. The number of hydrogen-bond acceptors (Lipinski definition) is 8. The lowest BCUT2D eigenvalue weighted by molar-refractivity contribution is -0.141. The quantitative estimate of drug-likeness (QED) is 0.0647. The molecule has 0 bridgehead atoms. The molecule has 1 heterocycles. The number of nitrogens with one attached hydrogen (secondary N) is 5. The number of carboxylic acid groups (broad SMARTS) is 1. The van der Waals surface area contributed by atoms with E-state index >= 15 is 0 Å². The maximum Gasteiger partial charge on any atom is 0.305 e. The largest absolute Gasteiger partial charge is 0.481 e. The van der Waals surface area contributed by atoms with Crippen LogP contribution < -0.4 is 43.8 Å². The van der Waals surface area contributed by atoms with Crippen LogP contribution in [-0.2, 0) is 35.2 Å². The Hall–Kier alpha value is -4.25. The van der Waals surface area contributed by atoms with Crippen LogP contribution in [0.25, 0.3) is 0 Å². The Morgan fingerprint density at radius 2 is 1.39 bits per heavy atom. The fourth-order valence-corrected chi connectivity index (χ4v) is 4.60. The number of guanidine groups is 1. The summed E-state index contributed by atoms with van der Waals surface area (Å²) in [6, 6.07) is 1.91. The van der Waals surface area contributed by atoms with Gasteiger partial charge in [-0.1, -0.05) is 28.1 Å². The number of aliphatic imine (C=N–C) groups is 1. The summed E-state index contributed by atoms with van der Waals surface area (Å²) >= 11 is 3.34. The monoisotopic (exact) mass is 681 g/mol. The number of halogens is 1. The molecule has 4 atom stereocenters. The van der Waals surface area contributed by atoms with E-state index < -0.39 is 72.6 Å². The molecule has 12 N–H and O–H groups in total. The molecule has 0 saturated carbocycles. The number of carbonyl (C=O) groups is 6. The summed E-state index contributed by atoms with van der Waals surface area (Å²) in [6.07, 6.45) is 0.799. The maximum atomic E-state index is 13.6. The van der Waals surface area contributed by atoms with Crippen LogP contribution in [0.1, 0.15) is 44.1 Å². The Balaban J connectivity index is 2.45. The van der Waals surface area contributed by atoms with Gasteiger partial charge in [0.1, 0.15) is 24.2 Å². The first-order valence-corrected chi connectivity index (χ1v) is 14.9. The second-order valence-electron chi connectivity index (χ2n) is 10.2. The van der Waals surface area contributed by atoms with Crippen molar-refractivity contribution >= 4 is 57.4 Å². The fourth-order valence-electron chi connectivity index (χ4n) is 4.34. The SMILES string of the molecule is NCCCC[C@@H]1NC(=O)[C@@H](Cc2ccc(Br)cc2)NC(=O)[C@H](CC(=O)O)NC(=O)CNC(=O)[C@H](CCCN=C(N)N)NC1=O. The van der Waals surface area contributed by atoms with E-state index in [-0.39, 0.29) is 31.8 Å². The number of unbranched alkanes of at least 4 members (excludes halogenated alkanes) is 1. The van der Waals surface area contributed by atoms with Gasteiger partial charge in [-0.2, -0.15) is 0 Å². The average molecular weight is 683 g/mol. The molecule has 0 radical (unpaired) electrons. The van der Waals surface area contributed by atoms with Gasteiger partial charge >= 0.3 is 5.97 Å². The average Bonchev–Trinajstić information content (AvgIpc) is 2.96. The second-order valence-corrected chi connectivity index (χ2v) is 11.1. The molecule has 0 aliphatic carbocycles. The predicted molar refractivity (Wildman–Crippen MR) is 164 cm³/mol. The van der Waals surface area contributed by atoms with Gasteiger partial charge in [-0.15, -0.1) is 0 Å². The van der Waals surface area contributed by atoms with Crippen LogP contribution in [0.3, 0.4) is 0 Å². The molecule has 0 spiro atoms. The van der Waals surface area contributed by atoms with E-state index in [1.54, 1.807) is 24.3 Å². The third kappa shape index (κ3) is 12.9. The summed E-state index contributed by atoms with van der Waals surface area (Å²) in [4.78, 5) is 81.3. The third-order valence-corrected chi connectivity index (χ3v) is 7.13. The van der Waals surface area contributed by atoms with Gasteiger partial charge in [0.2, 0.25) is 29.5 Å². The van der Waals surface area contributed by atoms with E-state index in [2.05, 4.69) is 47.5 Å². The van der Waals surface area contributed by atoms with E-state index in [0.717, 1.165) is 4.47 Å². The zero-order valence-electron chi connectivity index (χ0n) is 24.1. The normalized spacial score (nSPS) is 21.8. The number of nitrogens with zero attached hydrogens (tertiary/aromatic N) is 1. The Bertz CT molecular complexity index is 1210. The lowest BCUT2D eigenvalue weighted by Crippen LogP contribution is -2.58. The molecule has 0 aromatic heterocycles. The molecule has 1 aromatic rings. The lowest BCUT2D eigenvalue weighted by atomic mass is 10.0. The van der Waals surface area contributed by atoms with Crippen LogP contribution in [0.2, 0.25) is 0 Å². The summed E-state index contributed by atoms with van der Waals surface area (Å²) in [5, 5.41) is 21.9. The van der Waals surface area contributed by atoms with Gasteiger partial charge in [-0.25, -0.2) is 0 Å². The Labute approximate surface area is 262 Å². The van der Waals surface area contributed by atoms with Crippen LogP contribution in [0, 0.1) is 0 Å². The van der Waals surface area contributed by atoms with Crippen molar-refractivity contribution in [3.8, 4) is 0 Å². The van der Waals surface area contributed by atoms with E-state index in [1.165, 1.54) is 0 Å². The smallest absolute Gasteiger partial charge is 0.305 e. The number of carboxylic acids is 1. The number of benzene rings is 1. The van der Waals surface area contributed by atoms with Crippen LogP contribution in [0.15, 0.2) is 33.7 Å². The number of rotatable bonds is 12. The van der Waals surface area contributed by atoms with Crippen LogP contribution in [0.4, 0.5) is 0 Å². The molecule has 1 fully saturated rings. The molecule has 16 nitrogen and oxygen atoms in total. The zero-order chi connectivity index (χ0) is 32.6. The summed E-state index contributed by atoms with van der Waals surface area (Å²) in [7, 11) is 0. The minimum absolute atomic E-state index is 0.0107. The van der Waals surface area contributed by atoms with E-state index in [4.69, 9.17) is 17.2 Å². The van der Waals surface area contributed by atoms with Gasteiger partial charge in [-0.3, -0.25) is 33.8 Å². The minimum atomic E-state index is -1.56. The number of amides is 5. The summed E-state index contributed by atoms with van der Waals surface area (Å²) < 4.78 is 0.786. The molecular weight excluding hydrogens is 642 g/mol. The highest BCUT2D eigenvalue weighted by atomic mass is 79.9. The van der Waals surface area contributed by atoms with Crippen molar-refractivity contribution in [2.75, 3.05) is 19.6 Å². The second kappa shape index (κ2) is 18.4. The number of nitrogens with two attached hydrogens (primary N) is 3. The maximum absolute atomic E-state index is 13.6. The van der Waals surface area contributed by atoms with Crippen LogP contribution in [-0.4, -0.2) is 90.4 Å². The molecule has 1 saturated heterocycles. The van der Waals surface area contributed by atoms with Gasteiger partial charge in [0.05, 0.1) is 13.0 Å². The molecule has 2 rings (SSSR count). The zero-order valence-corrected chi connectivity index (χ0v) is 25.7. The third-order valence-electron chi connectivity index (χ3n) is 6.60. The Morgan fingerprint density at radius 1 is 0.818 bits per heavy atom. The highest BCUT2D eigenvalue weighted by Gasteiger charge is 2.33. The lowest BCUT2D eigenvalue weighted by Gasteiger charge is -2.26. The highest BCUT2D eigenvalue weighted by molar-refractivity contribution is 9.10. The first-order chi connectivity index (χ1) is 20.9. The van der Waals surface area contributed by atoms with E-state index in [0.29, 0.717) is 31.4 Å². The van der Waals surface area contributed by atoms with Gasteiger partial charge in [0.25, 0.3) is 0 Å². The highest BCUT2D eigenvalue weighted by Crippen LogP contribution is 2.13. The van der Waals surface area contributed by atoms with Crippen LogP contribution in [0.5, 0.6) is 0 Å². The molecular formula is C27H40BrN9O7. The van der Waals surface area contributed by atoms with Gasteiger partial charge in [-0.05, 0) is 56.3 Å². The van der Waals surface area contributed by atoms with Crippen molar-refractivity contribution in [3.05, 3.63) is 34.3 Å². The van der Waals surface area contributed by atoms with Gasteiger partial charge in [0, 0.05) is 17.4 Å². The Kier molecular flexibility index (Phi) is 15.0. The molecule has 5 amide bonds. The molecule has 1 aliphatic heterocycles. The minimum Gasteiger partial charge on any atom is -0.481 e. The molecule has 17 heteroatoms. The van der Waals surface area contributed by atoms with Crippen molar-refractivity contribution in [3.63, 3.8) is 0 Å². The van der Waals surface area contributed by atoms with Crippen molar-refractivity contribution < 1.29 is 33.9 Å². The summed E-state index contributed by atoms with van der Waals surface area (Å²) in [5.41, 5.74) is 17.0. The number of carbonyl (C=O) groups excluding carboxylic acids is 5. The first kappa shape index (κ1) is 35.9. The molecule has 242 valence electrons. The van der Waals surface area contributed by atoms with Gasteiger partial charge in [0.15, 0.2) is 5.96 Å². The van der Waals surface area contributed by atoms with Gasteiger partial charge < -0.3 is 48.9 Å². The van der Waals surface area contributed by atoms with Crippen molar-refractivity contribution in [1.29, 1.82) is 0 Å². The van der Waals surface area contributed by atoms with E-state index in [1.807, 2.05) is 0 Å².